The maximum atomic E-state index is 13.1. The fourth-order valence-electron chi connectivity index (χ4n) is 11.5. The Hall–Kier alpha value is -1.94. The van der Waals surface area contributed by atoms with Gasteiger partial charge in [-0.25, -0.2) is 9.13 Å². The first-order chi connectivity index (χ1) is 45.6. The number of rotatable bonds is 75. The van der Waals surface area contributed by atoms with Gasteiger partial charge in [-0.2, -0.15) is 0 Å². The summed E-state index contributed by atoms with van der Waals surface area (Å²) in [4.78, 5) is 72.7. The predicted octanol–water partition coefficient (Wildman–Crippen LogP) is 22.1. The highest BCUT2D eigenvalue weighted by Crippen LogP contribution is 2.45. The second-order valence-corrected chi connectivity index (χ2v) is 30.2. The van der Waals surface area contributed by atoms with Crippen LogP contribution >= 0.6 is 15.6 Å². The molecule has 0 rings (SSSR count). The van der Waals surface area contributed by atoms with Gasteiger partial charge in [-0.1, -0.05) is 343 Å². The van der Waals surface area contributed by atoms with E-state index in [-0.39, 0.29) is 25.7 Å². The van der Waals surface area contributed by atoms with Crippen molar-refractivity contribution in [2.45, 2.75) is 412 Å². The zero-order chi connectivity index (χ0) is 69.1. The number of hydrogen-bond acceptors (Lipinski definition) is 15. The summed E-state index contributed by atoms with van der Waals surface area (Å²) < 4.78 is 68.4. The molecule has 0 fully saturated rings. The minimum absolute atomic E-state index is 0.106. The van der Waals surface area contributed by atoms with Crippen molar-refractivity contribution in [1.29, 1.82) is 0 Å². The Morgan fingerprint density at radius 1 is 0.298 bits per heavy atom. The molecule has 0 bridgehead atoms. The standard InChI is InChI=1S/C75H146O17P2/c1-6-10-13-16-19-22-25-26-27-28-29-30-31-32-33-34-35-38-41-44-51-56-61-75(80)91-70(64-85-72(77)58-53-48-42-39-36-23-20-17-14-11-7-2)66-89-93(81,82)87-62-69(76)63-88-94(83,84)90-67-71(65-86-73(78)59-54-49-46-45-47-52-57-68(5)9-4)92-74(79)60-55-50-43-40-37-24-21-18-15-12-8-3/h68-71,76H,6-67H2,1-5H3,(H,81,82)(H,83,84)/t68?,69-,70-,71-/m1/s1. The Kier molecular flexibility index (Phi) is 66.8. The first-order valence-electron chi connectivity index (χ1n) is 39.2. The molecule has 0 aromatic carbocycles. The monoisotopic (exact) mass is 1380 g/mol. The summed E-state index contributed by atoms with van der Waals surface area (Å²) in [5.41, 5.74) is 0. The minimum atomic E-state index is -4.95. The van der Waals surface area contributed by atoms with Gasteiger partial charge in [0.15, 0.2) is 12.2 Å². The van der Waals surface area contributed by atoms with Crippen LogP contribution in [0, 0.1) is 5.92 Å². The number of ether oxygens (including phenoxy) is 4. The van der Waals surface area contributed by atoms with Crippen LogP contribution in [0.5, 0.6) is 0 Å². The fourth-order valence-corrected chi connectivity index (χ4v) is 13.1. The Labute approximate surface area is 575 Å². The van der Waals surface area contributed by atoms with E-state index in [2.05, 4.69) is 34.6 Å². The molecule has 0 saturated heterocycles. The highest BCUT2D eigenvalue weighted by Gasteiger charge is 2.30. The van der Waals surface area contributed by atoms with Gasteiger partial charge < -0.3 is 33.8 Å². The summed E-state index contributed by atoms with van der Waals surface area (Å²) in [6.07, 6.45) is 57.0. The van der Waals surface area contributed by atoms with Crippen LogP contribution in [0.15, 0.2) is 0 Å². The summed E-state index contributed by atoms with van der Waals surface area (Å²) in [5, 5.41) is 10.6. The van der Waals surface area contributed by atoms with E-state index in [0.29, 0.717) is 25.7 Å². The second kappa shape index (κ2) is 68.2. The third-order valence-corrected chi connectivity index (χ3v) is 19.8. The average molecular weight is 1380 g/mol. The van der Waals surface area contributed by atoms with Crippen molar-refractivity contribution in [2.24, 2.45) is 5.92 Å². The summed E-state index contributed by atoms with van der Waals surface area (Å²) >= 11 is 0. The number of carbonyl (C=O) groups excluding carboxylic acids is 4. The maximum Gasteiger partial charge on any atom is 0.472 e. The fraction of sp³-hybridized carbons (Fsp3) is 0.947. The minimum Gasteiger partial charge on any atom is -0.462 e. The van der Waals surface area contributed by atoms with E-state index in [4.69, 9.17) is 37.0 Å². The average Bonchev–Trinajstić information content (AvgIpc) is 1.39. The van der Waals surface area contributed by atoms with Gasteiger partial charge in [0.05, 0.1) is 26.4 Å². The molecule has 0 radical (unpaired) electrons. The predicted molar refractivity (Wildman–Crippen MR) is 382 cm³/mol. The van der Waals surface area contributed by atoms with E-state index in [9.17, 15) is 43.2 Å². The lowest BCUT2D eigenvalue weighted by Gasteiger charge is -2.21. The number of unbranched alkanes of at least 4 members (excludes halogenated alkanes) is 46. The molecule has 0 aliphatic heterocycles. The van der Waals surface area contributed by atoms with Crippen molar-refractivity contribution < 1.29 is 80.2 Å². The summed E-state index contributed by atoms with van der Waals surface area (Å²) in [7, 11) is -9.90. The van der Waals surface area contributed by atoms with Crippen molar-refractivity contribution in [2.75, 3.05) is 39.6 Å². The van der Waals surface area contributed by atoms with Crippen molar-refractivity contribution in [3.8, 4) is 0 Å². The van der Waals surface area contributed by atoms with Crippen LogP contribution in [-0.2, 0) is 65.4 Å². The largest absolute Gasteiger partial charge is 0.472 e. The quantitative estimate of drug-likeness (QED) is 0.0222. The number of carbonyl (C=O) groups is 4. The second-order valence-electron chi connectivity index (χ2n) is 27.3. The Bertz CT molecular complexity index is 1810. The molecule has 6 atom stereocenters. The molecule has 17 nitrogen and oxygen atoms in total. The van der Waals surface area contributed by atoms with E-state index in [0.717, 1.165) is 102 Å². The molecule has 0 aromatic heterocycles. The molecule has 19 heteroatoms. The lowest BCUT2D eigenvalue weighted by Crippen LogP contribution is -2.30. The third kappa shape index (κ3) is 67.3. The first kappa shape index (κ1) is 92.1. The Morgan fingerprint density at radius 3 is 0.755 bits per heavy atom. The van der Waals surface area contributed by atoms with Crippen molar-refractivity contribution in [3.63, 3.8) is 0 Å². The molecule has 0 aromatic rings. The molecule has 94 heavy (non-hydrogen) atoms. The van der Waals surface area contributed by atoms with Crippen LogP contribution in [0.3, 0.4) is 0 Å². The number of aliphatic hydroxyl groups is 1. The molecule has 0 amide bonds. The topological polar surface area (TPSA) is 237 Å². The SMILES string of the molecule is CCCCCCCCCCCCCCCCCCCCCCCCC(=O)O[C@H](COC(=O)CCCCCCCCCCCCC)COP(=O)(O)OC[C@@H](O)COP(=O)(O)OC[C@@H](COC(=O)CCCCCCCCC(C)CC)OC(=O)CCCCCCCCCCCCC. The maximum absolute atomic E-state index is 13.1. The van der Waals surface area contributed by atoms with E-state index in [1.807, 2.05) is 0 Å². The molecule has 0 saturated carbocycles. The molecular weight excluding hydrogens is 1230 g/mol. The van der Waals surface area contributed by atoms with E-state index in [1.165, 1.54) is 212 Å². The van der Waals surface area contributed by atoms with E-state index >= 15 is 0 Å². The molecule has 0 heterocycles. The van der Waals surface area contributed by atoms with Gasteiger partial charge in [-0.15, -0.1) is 0 Å². The van der Waals surface area contributed by atoms with Crippen LogP contribution in [0.1, 0.15) is 394 Å². The number of hydrogen-bond donors (Lipinski definition) is 3. The Balaban J connectivity index is 5.15. The summed E-state index contributed by atoms with van der Waals surface area (Å²) in [6.45, 7) is 7.23. The molecule has 0 aliphatic carbocycles. The Morgan fingerprint density at radius 2 is 0.511 bits per heavy atom. The highest BCUT2D eigenvalue weighted by atomic mass is 31.2. The number of aliphatic hydroxyl groups excluding tert-OH is 1. The van der Waals surface area contributed by atoms with Crippen LogP contribution in [0.4, 0.5) is 0 Å². The smallest absolute Gasteiger partial charge is 0.462 e. The summed E-state index contributed by atoms with van der Waals surface area (Å²) in [6, 6.07) is 0. The number of phosphoric acid groups is 2. The lowest BCUT2D eigenvalue weighted by atomic mass is 10.00. The molecule has 0 spiro atoms. The molecule has 0 aliphatic rings. The van der Waals surface area contributed by atoms with Crippen LogP contribution in [-0.4, -0.2) is 96.7 Å². The summed E-state index contributed by atoms with van der Waals surface area (Å²) in [5.74, 6) is -1.39. The van der Waals surface area contributed by atoms with Gasteiger partial charge in [0, 0.05) is 25.7 Å². The van der Waals surface area contributed by atoms with Crippen LogP contribution in [0.2, 0.25) is 0 Å². The number of phosphoric ester groups is 2. The molecular formula is C75H146O17P2. The van der Waals surface area contributed by atoms with Gasteiger partial charge in [-0.05, 0) is 31.6 Å². The molecule has 3 unspecified atom stereocenters. The third-order valence-electron chi connectivity index (χ3n) is 17.9. The normalized spacial score (nSPS) is 14.3. The van der Waals surface area contributed by atoms with Gasteiger partial charge in [0.2, 0.25) is 0 Å². The van der Waals surface area contributed by atoms with Crippen molar-refractivity contribution in [3.05, 3.63) is 0 Å². The van der Waals surface area contributed by atoms with Gasteiger partial charge in [0.1, 0.15) is 19.3 Å². The lowest BCUT2D eigenvalue weighted by molar-refractivity contribution is -0.161. The zero-order valence-corrected chi connectivity index (χ0v) is 62.9. The van der Waals surface area contributed by atoms with Crippen LogP contribution in [0.25, 0.3) is 0 Å². The van der Waals surface area contributed by atoms with Gasteiger partial charge in [0.25, 0.3) is 0 Å². The van der Waals surface area contributed by atoms with E-state index < -0.39 is 97.5 Å². The van der Waals surface area contributed by atoms with Crippen molar-refractivity contribution >= 4 is 39.5 Å². The van der Waals surface area contributed by atoms with E-state index in [1.54, 1.807) is 0 Å². The highest BCUT2D eigenvalue weighted by molar-refractivity contribution is 7.47. The first-order valence-corrected chi connectivity index (χ1v) is 42.2. The van der Waals surface area contributed by atoms with Crippen molar-refractivity contribution in [1.82, 2.24) is 0 Å². The van der Waals surface area contributed by atoms with Gasteiger partial charge in [-0.3, -0.25) is 37.3 Å². The molecule has 558 valence electrons. The number of esters is 4. The van der Waals surface area contributed by atoms with Gasteiger partial charge >= 0.3 is 39.5 Å². The zero-order valence-electron chi connectivity index (χ0n) is 61.1. The van der Waals surface area contributed by atoms with Crippen LogP contribution < -0.4 is 0 Å². The molecule has 3 N–H and O–H groups in total.